The molecule has 0 spiro atoms. The molecule has 2 aromatic carbocycles. The summed E-state index contributed by atoms with van der Waals surface area (Å²) in [6, 6.07) is 13.3. The summed E-state index contributed by atoms with van der Waals surface area (Å²) in [5.74, 6) is 2.30. The molecule has 1 aliphatic carbocycles. The fraction of sp³-hybridized carbons (Fsp3) is 0.375. The number of carbonyl (C=O) groups is 1. The maximum absolute atomic E-state index is 13.1. The van der Waals surface area contributed by atoms with Crippen molar-refractivity contribution < 1.29 is 18.7 Å². The largest absolute Gasteiger partial charge is 0.486 e. The minimum Gasteiger partial charge on any atom is -0.486 e. The van der Waals surface area contributed by atoms with E-state index in [1.165, 1.54) is 32.1 Å². The average molecular weight is 424 g/mol. The van der Waals surface area contributed by atoms with E-state index in [2.05, 4.69) is 5.32 Å². The van der Waals surface area contributed by atoms with E-state index in [0.29, 0.717) is 41.4 Å². The molecule has 5 nitrogen and oxygen atoms in total. The lowest BCUT2D eigenvalue weighted by Crippen LogP contribution is -2.17. The monoisotopic (exact) mass is 423 g/mol. The summed E-state index contributed by atoms with van der Waals surface area (Å²) < 4.78 is 17.2. The lowest BCUT2D eigenvalue weighted by atomic mass is 10.0. The van der Waals surface area contributed by atoms with Crippen LogP contribution in [0.4, 0.5) is 5.69 Å². The second kappa shape index (κ2) is 8.64. The number of thioether (sulfide) groups is 1. The van der Waals surface area contributed by atoms with Gasteiger partial charge in [-0.2, -0.15) is 11.8 Å². The Morgan fingerprint density at radius 3 is 2.67 bits per heavy atom. The van der Waals surface area contributed by atoms with Gasteiger partial charge in [-0.1, -0.05) is 37.5 Å². The summed E-state index contributed by atoms with van der Waals surface area (Å²) in [6.45, 7) is 1.05. The van der Waals surface area contributed by atoms with E-state index in [-0.39, 0.29) is 5.91 Å². The predicted octanol–water partition coefficient (Wildman–Crippen LogP) is 6.02. The van der Waals surface area contributed by atoms with Crippen LogP contribution in [0.3, 0.4) is 0 Å². The van der Waals surface area contributed by atoms with E-state index in [9.17, 15) is 4.79 Å². The summed E-state index contributed by atoms with van der Waals surface area (Å²) >= 11 is 1.95. The Hall–Kier alpha value is -2.60. The number of furan rings is 1. The van der Waals surface area contributed by atoms with Crippen molar-refractivity contribution in [3.63, 3.8) is 0 Å². The second-order valence-electron chi connectivity index (χ2n) is 7.79. The van der Waals surface area contributed by atoms with Crippen molar-refractivity contribution in [2.75, 3.05) is 18.5 Å². The fourth-order valence-electron chi connectivity index (χ4n) is 4.17. The van der Waals surface area contributed by atoms with E-state index in [1.54, 1.807) is 6.07 Å². The number of anilines is 1. The van der Waals surface area contributed by atoms with Gasteiger partial charge >= 0.3 is 0 Å². The zero-order valence-electron chi connectivity index (χ0n) is 16.8. The van der Waals surface area contributed by atoms with Crippen molar-refractivity contribution in [3.05, 3.63) is 53.8 Å². The molecule has 1 aromatic heterocycles. The molecule has 1 N–H and O–H groups in total. The first kappa shape index (κ1) is 19.4. The van der Waals surface area contributed by atoms with Crippen molar-refractivity contribution in [3.8, 4) is 11.5 Å². The van der Waals surface area contributed by atoms with Gasteiger partial charge in [0.05, 0.1) is 0 Å². The van der Waals surface area contributed by atoms with Crippen LogP contribution in [0.2, 0.25) is 0 Å². The maximum atomic E-state index is 13.1. The lowest BCUT2D eigenvalue weighted by molar-refractivity contribution is 0.0997. The molecule has 0 unspecified atom stereocenters. The number of para-hydroxylation sites is 1. The first-order chi connectivity index (χ1) is 14.8. The summed E-state index contributed by atoms with van der Waals surface area (Å²) in [6.07, 6.45) is 6.48. The summed E-state index contributed by atoms with van der Waals surface area (Å²) in [4.78, 5) is 13.1. The molecule has 1 amide bonds. The van der Waals surface area contributed by atoms with Crippen LogP contribution in [0.5, 0.6) is 11.5 Å². The van der Waals surface area contributed by atoms with Crippen LogP contribution in [0.15, 0.2) is 46.9 Å². The van der Waals surface area contributed by atoms with Gasteiger partial charge in [0, 0.05) is 33.7 Å². The fourth-order valence-corrected chi connectivity index (χ4v) is 5.52. The molecule has 1 aliphatic heterocycles. The van der Waals surface area contributed by atoms with Crippen LogP contribution in [-0.4, -0.2) is 24.4 Å². The molecule has 5 rings (SSSR count). The van der Waals surface area contributed by atoms with Gasteiger partial charge in [-0.05, 0) is 31.0 Å². The van der Waals surface area contributed by atoms with Crippen molar-refractivity contribution >= 4 is 34.3 Å². The van der Waals surface area contributed by atoms with Gasteiger partial charge < -0.3 is 19.2 Å². The Kier molecular flexibility index (Phi) is 5.58. The normalized spacial score (nSPS) is 16.5. The minimum atomic E-state index is -0.234. The molecule has 0 radical (unpaired) electrons. The molecule has 156 valence electrons. The van der Waals surface area contributed by atoms with Gasteiger partial charge in [-0.3, -0.25) is 4.79 Å². The molecule has 30 heavy (non-hydrogen) atoms. The van der Waals surface area contributed by atoms with Crippen LogP contribution >= 0.6 is 11.8 Å². The van der Waals surface area contributed by atoms with E-state index in [0.717, 1.165) is 22.3 Å². The lowest BCUT2D eigenvalue weighted by Gasteiger charge is -2.21. The minimum absolute atomic E-state index is 0.234. The molecule has 0 bridgehead atoms. The van der Waals surface area contributed by atoms with Crippen LogP contribution in [0, 0.1) is 0 Å². The quantitative estimate of drug-likeness (QED) is 0.543. The molecular formula is C24H25NO4S. The number of ether oxygens (including phenoxy) is 2. The highest BCUT2D eigenvalue weighted by Gasteiger charge is 2.23. The Bertz CT molecular complexity index is 1050. The summed E-state index contributed by atoms with van der Waals surface area (Å²) in [7, 11) is 0. The van der Waals surface area contributed by atoms with Gasteiger partial charge in [0.2, 0.25) is 0 Å². The van der Waals surface area contributed by atoms with Gasteiger partial charge in [-0.25, -0.2) is 0 Å². The van der Waals surface area contributed by atoms with Crippen molar-refractivity contribution in [1.82, 2.24) is 0 Å². The third-order valence-corrected chi connectivity index (χ3v) is 7.12. The molecule has 0 saturated heterocycles. The summed E-state index contributed by atoms with van der Waals surface area (Å²) in [5, 5.41) is 4.66. The number of amides is 1. The Morgan fingerprint density at radius 2 is 1.80 bits per heavy atom. The number of rotatable bonds is 5. The Labute approximate surface area is 180 Å². The molecular weight excluding hydrogens is 398 g/mol. The topological polar surface area (TPSA) is 60.7 Å². The van der Waals surface area contributed by atoms with Gasteiger partial charge in [0.25, 0.3) is 5.91 Å². The molecule has 2 aliphatic rings. The number of hydrogen-bond donors (Lipinski definition) is 1. The SMILES string of the molecule is O=C(Nc1ccc2c(c1)OCCO2)c1oc2ccccc2c1CSC1CCCCC1. The third-order valence-electron chi connectivity index (χ3n) is 5.72. The smallest absolute Gasteiger partial charge is 0.291 e. The molecule has 2 heterocycles. The Morgan fingerprint density at radius 1 is 1.00 bits per heavy atom. The highest BCUT2D eigenvalue weighted by Crippen LogP contribution is 2.36. The molecule has 0 atom stereocenters. The van der Waals surface area contributed by atoms with Crippen LogP contribution in [0.1, 0.15) is 48.2 Å². The van der Waals surface area contributed by atoms with Crippen molar-refractivity contribution in [2.45, 2.75) is 43.1 Å². The zero-order chi connectivity index (χ0) is 20.3. The highest BCUT2D eigenvalue weighted by atomic mass is 32.2. The molecule has 3 aromatic rings. The van der Waals surface area contributed by atoms with Crippen molar-refractivity contribution in [1.29, 1.82) is 0 Å². The van der Waals surface area contributed by atoms with Crippen molar-refractivity contribution in [2.24, 2.45) is 0 Å². The third kappa shape index (κ3) is 4.01. The Balaban J connectivity index is 1.39. The van der Waals surface area contributed by atoms with Crippen LogP contribution < -0.4 is 14.8 Å². The van der Waals surface area contributed by atoms with Crippen LogP contribution in [-0.2, 0) is 5.75 Å². The number of benzene rings is 2. The zero-order valence-corrected chi connectivity index (χ0v) is 17.6. The number of fused-ring (bicyclic) bond motifs is 2. The van der Waals surface area contributed by atoms with E-state index >= 15 is 0 Å². The predicted molar refractivity (Wildman–Crippen MR) is 120 cm³/mol. The second-order valence-corrected chi connectivity index (χ2v) is 9.08. The van der Waals surface area contributed by atoms with Gasteiger partial charge in [-0.15, -0.1) is 0 Å². The van der Waals surface area contributed by atoms with Gasteiger partial charge in [0.15, 0.2) is 17.3 Å². The van der Waals surface area contributed by atoms with E-state index in [1.807, 2.05) is 48.2 Å². The van der Waals surface area contributed by atoms with Gasteiger partial charge in [0.1, 0.15) is 18.8 Å². The first-order valence-corrected chi connectivity index (χ1v) is 11.7. The van der Waals surface area contributed by atoms with Crippen LogP contribution in [0.25, 0.3) is 11.0 Å². The summed E-state index contributed by atoms with van der Waals surface area (Å²) in [5.41, 5.74) is 2.40. The maximum Gasteiger partial charge on any atom is 0.291 e. The molecule has 6 heteroatoms. The average Bonchev–Trinajstić information content (AvgIpc) is 3.17. The van der Waals surface area contributed by atoms with E-state index < -0.39 is 0 Å². The number of hydrogen-bond acceptors (Lipinski definition) is 5. The number of carbonyl (C=O) groups excluding carboxylic acids is 1. The number of nitrogens with one attached hydrogen (secondary N) is 1. The molecule has 1 fully saturated rings. The van der Waals surface area contributed by atoms with E-state index in [4.69, 9.17) is 13.9 Å². The molecule has 1 saturated carbocycles. The highest BCUT2D eigenvalue weighted by molar-refractivity contribution is 7.99. The standard InChI is InChI=1S/C24H25NO4S/c26-24(25-16-10-11-21-22(14-16)28-13-12-27-21)23-19(15-30-17-6-2-1-3-7-17)18-8-4-5-9-20(18)29-23/h4-5,8-11,14,17H,1-3,6-7,12-13,15H2,(H,25,26). The first-order valence-electron chi connectivity index (χ1n) is 10.6.